The zero-order chi connectivity index (χ0) is 19.5. The summed E-state index contributed by atoms with van der Waals surface area (Å²) in [5, 5.41) is 3.94. The van der Waals surface area contributed by atoms with Crippen molar-refractivity contribution in [1.82, 2.24) is 5.16 Å². The second-order valence-electron chi connectivity index (χ2n) is 7.19. The molecule has 0 N–H and O–H groups in total. The Balaban J connectivity index is 1.39. The van der Waals surface area contributed by atoms with Gasteiger partial charge in [-0.2, -0.15) is 0 Å². The van der Waals surface area contributed by atoms with E-state index in [0.717, 1.165) is 53.4 Å². The number of amides is 1. The van der Waals surface area contributed by atoms with Crippen LogP contribution in [-0.4, -0.2) is 17.6 Å². The lowest BCUT2D eigenvalue weighted by Gasteiger charge is -2.29. The first-order valence-electron chi connectivity index (χ1n) is 9.63. The minimum Gasteiger partial charge on any atom is -0.489 e. The van der Waals surface area contributed by atoms with Crippen LogP contribution in [0, 0.1) is 13.8 Å². The van der Waals surface area contributed by atoms with Crippen molar-refractivity contribution in [1.29, 1.82) is 0 Å². The fourth-order valence-corrected chi connectivity index (χ4v) is 3.63. The summed E-state index contributed by atoms with van der Waals surface area (Å²) in [4.78, 5) is 14.8. The number of aryl methyl sites for hydroxylation is 3. The Morgan fingerprint density at radius 2 is 1.93 bits per heavy atom. The molecule has 5 nitrogen and oxygen atoms in total. The first-order chi connectivity index (χ1) is 13.6. The Bertz CT molecular complexity index is 956. The number of para-hydroxylation sites is 1. The van der Waals surface area contributed by atoms with E-state index in [1.54, 1.807) is 0 Å². The van der Waals surface area contributed by atoms with E-state index in [4.69, 9.17) is 9.26 Å². The quantitative estimate of drug-likeness (QED) is 0.663. The minimum atomic E-state index is 0.136. The summed E-state index contributed by atoms with van der Waals surface area (Å²) in [6.07, 6.45) is 2.44. The van der Waals surface area contributed by atoms with Crippen LogP contribution in [0.1, 0.15) is 34.6 Å². The van der Waals surface area contributed by atoms with E-state index in [-0.39, 0.29) is 5.91 Å². The Morgan fingerprint density at radius 1 is 1.14 bits per heavy atom. The second kappa shape index (κ2) is 7.89. The third-order valence-electron chi connectivity index (χ3n) is 5.25. The van der Waals surface area contributed by atoms with Crippen LogP contribution >= 0.6 is 0 Å². The fraction of sp³-hybridized carbons (Fsp3) is 0.304. The van der Waals surface area contributed by atoms with Crippen molar-refractivity contribution >= 4 is 11.6 Å². The van der Waals surface area contributed by atoms with E-state index >= 15 is 0 Å². The molecular weight excluding hydrogens is 352 g/mol. The molecule has 2 heterocycles. The van der Waals surface area contributed by atoms with Gasteiger partial charge >= 0.3 is 0 Å². The molecule has 1 aliphatic heterocycles. The van der Waals surface area contributed by atoms with Crippen LogP contribution < -0.4 is 9.64 Å². The maximum absolute atomic E-state index is 12.8. The number of fused-ring (bicyclic) bond motifs is 1. The lowest BCUT2D eigenvalue weighted by atomic mass is 10.0. The van der Waals surface area contributed by atoms with Crippen molar-refractivity contribution in [3.05, 3.63) is 76.7 Å². The van der Waals surface area contributed by atoms with Gasteiger partial charge in [0.15, 0.2) is 0 Å². The van der Waals surface area contributed by atoms with Crippen LogP contribution in [0.2, 0.25) is 0 Å². The van der Waals surface area contributed by atoms with E-state index in [0.29, 0.717) is 13.0 Å². The number of benzene rings is 2. The van der Waals surface area contributed by atoms with Gasteiger partial charge in [-0.1, -0.05) is 35.5 Å². The Labute approximate surface area is 164 Å². The van der Waals surface area contributed by atoms with Crippen LogP contribution in [0.15, 0.2) is 53.1 Å². The normalized spacial score (nSPS) is 13.3. The van der Waals surface area contributed by atoms with E-state index in [2.05, 4.69) is 11.2 Å². The largest absolute Gasteiger partial charge is 0.489 e. The van der Waals surface area contributed by atoms with Crippen molar-refractivity contribution in [3.8, 4) is 5.75 Å². The molecule has 0 bridgehead atoms. The Hall–Kier alpha value is -3.08. The summed E-state index contributed by atoms with van der Waals surface area (Å²) in [5.74, 6) is 1.68. The zero-order valence-corrected chi connectivity index (χ0v) is 16.3. The summed E-state index contributed by atoms with van der Waals surface area (Å²) in [6.45, 7) is 4.99. The molecule has 0 spiro atoms. The SMILES string of the molecule is Cc1noc(C)c1COc1ccc(CC(=O)N2CCCc3ccccc32)cc1. The molecule has 0 saturated heterocycles. The molecular formula is C23H24N2O3. The fourth-order valence-electron chi connectivity index (χ4n) is 3.63. The highest BCUT2D eigenvalue weighted by Gasteiger charge is 2.22. The molecule has 1 aliphatic rings. The van der Waals surface area contributed by atoms with Gasteiger partial charge in [0.05, 0.1) is 17.7 Å². The molecule has 0 aliphatic carbocycles. The second-order valence-corrected chi connectivity index (χ2v) is 7.19. The molecule has 5 heteroatoms. The predicted octanol–water partition coefficient (Wildman–Crippen LogP) is 4.39. The van der Waals surface area contributed by atoms with Crippen LogP contribution in [-0.2, 0) is 24.2 Å². The van der Waals surface area contributed by atoms with Crippen molar-refractivity contribution < 1.29 is 14.1 Å². The molecule has 144 valence electrons. The Kier molecular flexibility index (Phi) is 5.15. The average Bonchev–Trinajstić information content (AvgIpc) is 3.04. The number of ether oxygens (including phenoxy) is 1. The highest BCUT2D eigenvalue weighted by molar-refractivity contribution is 5.95. The van der Waals surface area contributed by atoms with Gasteiger partial charge in [0.25, 0.3) is 0 Å². The van der Waals surface area contributed by atoms with Gasteiger partial charge in [-0.15, -0.1) is 0 Å². The van der Waals surface area contributed by atoms with E-state index in [1.165, 1.54) is 5.56 Å². The molecule has 0 radical (unpaired) electrons. The third kappa shape index (κ3) is 3.79. The smallest absolute Gasteiger partial charge is 0.231 e. The molecule has 3 aromatic rings. The first kappa shape index (κ1) is 18.3. The molecule has 0 saturated carbocycles. The minimum absolute atomic E-state index is 0.136. The topological polar surface area (TPSA) is 55.6 Å². The predicted molar refractivity (Wildman–Crippen MR) is 108 cm³/mol. The van der Waals surface area contributed by atoms with Gasteiger partial charge in [-0.05, 0) is 56.0 Å². The van der Waals surface area contributed by atoms with Gasteiger partial charge in [-0.3, -0.25) is 4.79 Å². The standard InChI is InChI=1S/C23H24N2O3/c1-16-21(17(2)28-24-16)15-27-20-11-9-18(10-12-20)14-23(26)25-13-5-7-19-6-3-4-8-22(19)25/h3-4,6,8-12H,5,7,13-15H2,1-2H3. The Morgan fingerprint density at radius 3 is 2.68 bits per heavy atom. The number of carbonyl (C=O) groups is 1. The van der Waals surface area contributed by atoms with Crippen LogP contribution in [0.25, 0.3) is 0 Å². The molecule has 2 aromatic carbocycles. The third-order valence-corrected chi connectivity index (χ3v) is 5.25. The molecule has 0 fully saturated rings. The molecule has 4 rings (SSSR count). The van der Waals surface area contributed by atoms with Crippen molar-refractivity contribution in [2.75, 3.05) is 11.4 Å². The van der Waals surface area contributed by atoms with Gasteiger partial charge in [0.1, 0.15) is 18.1 Å². The first-order valence-corrected chi connectivity index (χ1v) is 9.63. The van der Waals surface area contributed by atoms with Crippen molar-refractivity contribution in [2.24, 2.45) is 0 Å². The number of anilines is 1. The summed E-state index contributed by atoms with van der Waals surface area (Å²) in [6, 6.07) is 15.9. The van der Waals surface area contributed by atoms with E-state index in [9.17, 15) is 4.79 Å². The summed E-state index contributed by atoms with van der Waals surface area (Å²) in [7, 11) is 0. The summed E-state index contributed by atoms with van der Waals surface area (Å²) in [5.41, 5.74) is 5.12. The number of aromatic nitrogens is 1. The van der Waals surface area contributed by atoms with E-state index < -0.39 is 0 Å². The lowest BCUT2D eigenvalue weighted by Crippen LogP contribution is -2.36. The van der Waals surface area contributed by atoms with Gasteiger partial charge in [0, 0.05) is 12.2 Å². The van der Waals surface area contributed by atoms with Crippen LogP contribution in [0.3, 0.4) is 0 Å². The zero-order valence-electron chi connectivity index (χ0n) is 16.3. The number of hydrogen-bond acceptors (Lipinski definition) is 4. The highest BCUT2D eigenvalue weighted by Crippen LogP contribution is 2.27. The van der Waals surface area contributed by atoms with E-state index in [1.807, 2.05) is 61.2 Å². The lowest BCUT2D eigenvalue weighted by molar-refractivity contribution is -0.118. The highest BCUT2D eigenvalue weighted by atomic mass is 16.5. The molecule has 0 atom stereocenters. The van der Waals surface area contributed by atoms with Crippen molar-refractivity contribution in [2.45, 2.75) is 39.7 Å². The van der Waals surface area contributed by atoms with Gasteiger partial charge < -0.3 is 14.2 Å². The summed E-state index contributed by atoms with van der Waals surface area (Å²) < 4.78 is 11.0. The molecule has 0 unspecified atom stereocenters. The monoisotopic (exact) mass is 376 g/mol. The number of carbonyl (C=O) groups excluding carboxylic acids is 1. The van der Waals surface area contributed by atoms with Crippen LogP contribution in [0.4, 0.5) is 5.69 Å². The maximum atomic E-state index is 12.8. The number of nitrogens with zero attached hydrogens (tertiary/aromatic N) is 2. The average molecular weight is 376 g/mol. The molecule has 1 amide bonds. The number of hydrogen-bond donors (Lipinski definition) is 0. The summed E-state index contributed by atoms with van der Waals surface area (Å²) >= 11 is 0. The number of rotatable bonds is 5. The molecule has 28 heavy (non-hydrogen) atoms. The molecule has 1 aromatic heterocycles. The van der Waals surface area contributed by atoms with Gasteiger partial charge in [-0.25, -0.2) is 0 Å². The van der Waals surface area contributed by atoms with Gasteiger partial charge in [0.2, 0.25) is 5.91 Å². The van der Waals surface area contributed by atoms with Crippen LogP contribution in [0.5, 0.6) is 5.75 Å². The van der Waals surface area contributed by atoms with Crippen molar-refractivity contribution in [3.63, 3.8) is 0 Å². The maximum Gasteiger partial charge on any atom is 0.231 e.